The van der Waals surface area contributed by atoms with E-state index in [-0.39, 0.29) is 18.2 Å². The fourth-order valence-electron chi connectivity index (χ4n) is 3.87. The number of hydrogen-bond acceptors (Lipinski definition) is 5. The number of rotatable bonds is 5. The first-order chi connectivity index (χ1) is 13.3. The Morgan fingerprint density at radius 3 is 2.43 bits per heavy atom. The van der Waals surface area contributed by atoms with E-state index in [1.165, 1.54) is 43.7 Å². The van der Waals surface area contributed by atoms with E-state index < -0.39 is 6.36 Å². The molecule has 2 heterocycles. The lowest BCUT2D eigenvalue weighted by molar-refractivity contribution is -0.274. The van der Waals surface area contributed by atoms with E-state index in [9.17, 15) is 18.0 Å². The van der Waals surface area contributed by atoms with Gasteiger partial charge >= 0.3 is 6.36 Å². The molecule has 9 heteroatoms. The lowest BCUT2D eigenvalue weighted by Crippen LogP contribution is -2.55. The molecular formula is C19H27F3N4O2. The summed E-state index contributed by atoms with van der Waals surface area (Å²) in [7, 11) is 2.16. The highest BCUT2D eigenvalue weighted by molar-refractivity contribution is 5.92. The highest BCUT2D eigenvalue weighted by Gasteiger charge is 2.31. The van der Waals surface area contributed by atoms with Crippen molar-refractivity contribution in [2.45, 2.75) is 25.2 Å². The Balaban J connectivity index is 1.41. The lowest BCUT2D eigenvalue weighted by atomic mass is 10.0. The number of alkyl halides is 3. The Bertz CT molecular complexity index is 646. The first-order valence-corrected chi connectivity index (χ1v) is 9.59. The molecule has 2 aliphatic heterocycles. The van der Waals surface area contributed by atoms with Gasteiger partial charge in [0, 0.05) is 44.5 Å². The smallest absolute Gasteiger partial charge is 0.406 e. The number of hydrogen-bond donors (Lipinski definition) is 1. The minimum atomic E-state index is -4.72. The van der Waals surface area contributed by atoms with Crippen LogP contribution in [-0.2, 0) is 4.79 Å². The van der Waals surface area contributed by atoms with Crippen molar-refractivity contribution in [2.24, 2.45) is 0 Å². The molecule has 2 aliphatic rings. The van der Waals surface area contributed by atoms with Crippen LogP contribution in [0.3, 0.4) is 0 Å². The summed E-state index contributed by atoms with van der Waals surface area (Å²) >= 11 is 0. The Labute approximate surface area is 163 Å². The van der Waals surface area contributed by atoms with Gasteiger partial charge in [0.2, 0.25) is 5.91 Å². The van der Waals surface area contributed by atoms with E-state index in [2.05, 4.69) is 31.8 Å². The molecular weight excluding hydrogens is 373 g/mol. The van der Waals surface area contributed by atoms with E-state index >= 15 is 0 Å². The van der Waals surface area contributed by atoms with Gasteiger partial charge in [-0.1, -0.05) is 0 Å². The van der Waals surface area contributed by atoms with Gasteiger partial charge in [-0.3, -0.25) is 14.6 Å². The molecule has 0 radical (unpaired) electrons. The third kappa shape index (κ3) is 6.35. The number of anilines is 1. The summed E-state index contributed by atoms with van der Waals surface area (Å²) in [4.78, 5) is 19.2. The predicted molar refractivity (Wildman–Crippen MR) is 100 cm³/mol. The highest BCUT2D eigenvalue weighted by Crippen LogP contribution is 2.24. The maximum Gasteiger partial charge on any atom is 0.573 e. The fourth-order valence-corrected chi connectivity index (χ4v) is 3.87. The summed E-state index contributed by atoms with van der Waals surface area (Å²) in [6, 6.07) is 5.77. The molecule has 1 N–H and O–H groups in total. The van der Waals surface area contributed by atoms with Crippen molar-refractivity contribution in [3.63, 3.8) is 0 Å². The largest absolute Gasteiger partial charge is 0.573 e. The van der Waals surface area contributed by atoms with Crippen LogP contribution < -0.4 is 10.1 Å². The van der Waals surface area contributed by atoms with Gasteiger partial charge in [-0.15, -0.1) is 13.2 Å². The predicted octanol–water partition coefficient (Wildman–Crippen LogP) is 2.24. The maximum atomic E-state index is 12.2. The maximum absolute atomic E-state index is 12.2. The van der Waals surface area contributed by atoms with Gasteiger partial charge in [0.15, 0.2) is 0 Å². The van der Waals surface area contributed by atoms with Crippen LogP contribution >= 0.6 is 0 Å². The van der Waals surface area contributed by atoms with Gasteiger partial charge in [-0.05, 0) is 50.7 Å². The summed E-state index contributed by atoms with van der Waals surface area (Å²) in [5, 5.41) is 2.72. The minimum Gasteiger partial charge on any atom is -0.406 e. The number of amides is 1. The van der Waals surface area contributed by atoms with Crippen molar-refractivity contribution < 1.29 is 22.7 Å². The molecule has 0 aliphatic carbocycles. The summed E-state index contributed by atoms with van der Waals surface area (Å²) < 4.78 is 40.3. The van der Waals surface area contributed by atoms with Crippen molar-refractivity contribution in [2.75, 3.05) is 58.2 Å². The second kappa shape index (κ2) is 9.11. The van der Waals surface area contributed by atoms with Crippen molar-refractivity contribution in [1.29, 1.82) is 0 Å². The van der Waals surface area contributed by atoms with Crippen LogP contribution in [0.1, 0.15) is 12.8 Å². The number of halogens is 3. The molecule has 2 fully saturated rings. The summed E-state index contributed by atoms with van der Waals surface area (Å²) in [6.45, 7) is 6.14. The second-order valence-electron chi connectivity index (χ2n) is 7.49. The van der Waals surface area contributed by atoms with Gasteiger partial charge in [-0.25, -0.2) is 0 Å². The van der Waals surface area contributed by atoms with E-state index in [0.29, 0.717) is 11.7 Å². The number of carbonyl (C=O) groups excluding carboxylic acids is 1. The standard InChI is InChI=1S/C19H27F3N4O2/c1-24-8-2-3-16(13-24)26-11-9-25(10-12-26)14-18(27)23-15-4-6-17(7-5-15)28-19(20,21)22/h4-7,16H,2-3,8-14H2,1H3,(H,23,27). The number of piperidine rings is 1. The number of nitrogens with zero attached hydrogens (tertiary/aromatic N) is 3. The van der Waals surface area contributed by atoms with E-state index in [4.69, 9.17) is 0 Å². The highest BCUT2D eigenvalue weighted by atomic mass is 19.4. The third-order valence-electron chi connectivity index (χ3n) is 5.26. The van der Waals surface area contributed by atoms with Crippen molar-refractivity contribution in [3.05, 3.63) is 24.3 Å². The molecule has 1 aromatic rings. The molecule has 28 heavy (non-hydrogen) atoms. The van der Waals surface area contributed by atoms with Crippen LogP contribution in [0.25, 0.3) is 0 Å². The van der Waals surface area contributed by atoms with Gasteiger partial charge in [0.1, 0.15) is 5.75 Å². The average Bonchev–Trinajstić information content (AvgIpc) is 2.63. The van der Waals surface area contributed by atoms with Crippen LogP contribution in [-0.4, -0.2) is 85.9 Å². The van der Waals surface area contributed by atoms with Crippen LogP contribution in [0.15, 0.2) is 24.3 Å². The molecule has 3 rings (SSSR count). The zero-order chi connectivity index (χ0) is 20.1. The molecule has 0 saturated carbocycles. The topological polar surface area (TPSA) is 48.0 Å². The Kier molecular flexibility index (Phi) is 6.79. The van der Waals surface area contributed by atoms with Crippen molar-refractivity contribution >= 4 is 11.6 Å². The van der Waals surface area contributed by atoms with Gasteiger partial charge in [-0.2, -0.15) is 0 Å². The van der Waals surface area contributed by atoms with Crippen molar-refractivity contribution in [1.82, 2.24) is 14.7 Å². The minimum absolute atomic E-state index is 0.171. The monoisotopic (exact) mass is 400 g/mol. The first-order valence-electron chi connectivity index (χ1n) is 9.59. The summed E-state index contributed by atoms with van der Waals surface area (Å²) in [5.74, 6) is -0.481. The number of benzene rings is 1. The molecule has 6 nitrogen and oxygen atoms in total. The van der Waals surface area contributed by atoms with E-state index in [1.807, 2.05) is 0 Å². The Morgan fingerprint density at radius 1 is 1.14 bits per heavy atom. The summed E-state index contributed by atoms with van der Waals surface area (Å²) in [6.07, 6.45) is -2.25. The number of carbonyl (C=O) groups is 1. The normalized spacial score (nSPS) is 22.8. The molecule has 1 atom stereocenters. The molecule has 1 amide bonds. The lowest BCUT2D eigenvalue weighted by Gasteiger charge is -2.42. The molecule has 1 aromatic carbocycles. The first kappa shape index (κ1) is 20.9. The van der Waals surface area contributed by atoms with Gasteiger partial charge in [0.25, 0.3) is 0 Å². The van der Waals surface area contributed by atoms with Crippen LogP contribution in [0, 0.1) is 0 Å². The van der Waals surface area contributed by atoms with Crippen molar-refractivity contribution in [3.8, 4) is 5.75 Å². The number of piperazine rings is 1. The van der Waals surface area contributed by atoms with E-state index in [0.717, 1.165) is 32.7 Å². The fraction of sp³-hybridized carbons (Fsp3) is 0.632. The van der Waals surface area contributed by atoms with Crippen LogP contribution in [0.5, 0.6) is 5.75 Å². The molecule has 1 unspecified atom stereocenters. The molecule has 0 spiro atoms. The number of likely N-dealkylation sites (N-methyl/N-ethyl adjacent to an activating group) is 1. The Hall–Kier alpha value is -1.84. The molecule has 2 saturated heterocycles. The molecule has 0 aromatic heterocycles. The zero-order valence-electron chi connectivity index (χ0n) is 16.0. The van der Waals surface area contributed by atoms with Crippen LogP contribution in [0.4, 0.5) is 18.9 Å². The van der Waals surface area contributed by atoms with Gasteiger partial charge in [0.05, 0.1) is 6.54 Å². The second-order valence-corrected chi connectivity index (χ2v) is 7.49. The molecule has 0 bridgehead atoms. The molecule has 156 valence electrons. The average molecular weight is 400 g/mol. The van der Waals surface area contributed by atoms with Gasteiger partial charge < -0.3 is 15.0 Å². The SMILES string of the molecule is CN1CCCC(N2CCN(CC(=O)Nc3ccc(OC(F)(F)F)cc3)CC2)C1. The van der Waals surface area contributed by atoms with E-state index in [1.54, 1.807) is 0 Å². The van der Waals surface area contributed by atoms with Crippen LogP contribution in [0.2, 0.25) is 0 Å². The zero-order valence-corrected chi connectivity index (χ0v) is 16.0. The number of nitrogens with one attached hydrogen (secondary N) is 1. The quantitative estimate of drug-likeness (QED) is 0.822. The summed E-state index contributed by atoms with van der Waals surface area (Å²) in [5.41, 5.74) is 0.448. The Morgan fingerprint density at radius 2 is 1.82 bits per heavy atom. The number of ether oxygens (including phenoxy) is 1. The third-order valence-corrected chi connectivity index (χ3v) is 5.26. The number of likely N-dealkylation sites (tertiary alicyclic amines) is 1.